The molecule has 1 heterocycles. The van der Waals surface area contributed by atoms with Gasteiger partial charge < -0.3 is 15.2 Å². The summed E-state index contributed by atoms with van der Waals surface area (Å²) >= 11 is 1.35. The normalized spacial score (nSPS) is 12.9. The highest BCUT2D eigenvalue weighted by molar-refractivity contribution is 7.16. The van der Waals surface area contributed by atoms with Crippen molar-refractivity contribution in [2.75, 3.05) is 12.4 Å². The molecular formula is C19H18N4O4S. The quantitative estimate of drug-likeness (QED) is 0.414. The zero-order valence-electron chi connectivity index (χ0n) is 15.1. The molecule has 0 saturated carbocycles. The van der Waals surface area contributed by atoms with Crippen molar-refractivity contribution >= 4 is 34.4 Å². The summed E-state index contributed by atoms with van der Waals surface area (Å²) in [6.45, 7) is 0. The first-order valence-corrected chi connectivity index (χ1v) is 9.41. The van der Waals surface area contributed by atoms with Gasteiger partial charge in [-0.2, -0.15) is 10.4 Å². The van der Waals surface area contributed by atoms with Gasteiger partial charge in [0.15, 0.2) is 11.5 Å². The SMILES string of the molecule is COc1cc(C=NNC(=O)C(=O)Nc2sc3c(c2C#N)CCCC3)ccc1O. The molecular weight excluding hydrogens is 380 g/mol. The second-order valence-electron chi connectivity index (χ2n) is 6.11. The minimum absolute atomic E-state index is 0.0185. The summed E-state index contributed by atoms with van der Waals surface area (Å²) < 4.78 is 4.99. The number of phenols is 1. The van der Waals surface area contributed by atoms with Crippen LogP contribution in [0.2, 0.25) is 0 Å². The van der Waals surface area contributed by atoms with Gasteiger partial charge in [-0.05, 0) is 55.0 Å². The number of phenolic OH excluding ortho intramolecular Hbond substituents is 1. The first kappa shape index (κ1) is 19.4. The molecule has 28 heavy (non-hydrogen) atoms. The van der Waals surface area contributed by atoms with Crippen LogP contribution in [0, 0.1) is 11.3 Å². The van der Waals surface area contributed by atoms with Crippen LogP contribution in [0.3, 0.4) is 0 Å². The molecule has 0 saturated heterocycles. The summed E-state index contributed by atoms with van der Waals surface area (Å²) in [4.78, 5) is 25.2. The third-order valence-corrected chi connectivity index (χ3v) is 5.51. The lowest BCUT2D eigenvalue weighted by Crippen LogP contribution is -2.32. The molecule has 0 unspecified atom stereocenters. The topological polar surface area (TPSA) is 124 Å². The molecule has 3 N–H and O–H groups in total. The van der Waals surface area contributed by atoms with Gasteiger partial charge in [-0.25, -0.2) is 5.43 Å². The number of nitrogens with one attached hydrogen (secondary N) is 2. The summed E-state index contributed by atoms with van der Waals surface area (Å²) in [5.74, 6) is -1.60. The maximum atomic E-state index is 12.1. The van der Waals surface area contributed by atoms with Crippen LogP contribution >= 0.6 is 11.3 Å². The number of aromatic hydroxyl groups is 1. The Morgan fingerprint density at radius 2 is 2.11 bits per heavy atom. The lowest BCUT2D eigenvalue weighted by molar-refractivity contribution is -0.136. The Hall–Kier alpha value is -3.38. The van der Waals surface area contributed by atoms with E-state index in [1.165, 1.54) is 36.8 Å². The Balaban J connectivity index is 1.63. The Morgan fingerprint density at radius 1 is 1.32 bits per heavy atom. The highest BCUT2D eigenvalue weighted by Crippen LogP contribution is 2.37. The van der Waals surface area contributed by atoms with Crippen molar-refractivity contribution in [3.05, 3.63) is 39.8 Å². The van der Waals surface area contributed by atoms with E-state index in [-0.39, 0.29) is 11.5 Å². The van der Waals surface area contributed by atoms with E-state index in [1.54, 1.807) is 6.07 Å². The Labute approximate surface area is 165 Å². The van der Waals surface area contributed by atoms with Crippen molar-refractivity contribution < 1.29 is 19.4 Å². The average Bonchev–Trinajstić information content (AvgIpc) is 3.05. The fourth-order valence-electron chi connectivity index (χ4n) is 2.92. The molecule has 0 spiro atoms. The van der Waals surface area contributed by atoms with Crippen LogP contribution in [-0.2, 0) is 22.4 Å². The zero-order valence-corrected chi connectivity index (χ0v) is 15.9. The number of nitriles is 1. The molecule has 144 valence electrons. The second kappa shape index (κ2) is 8.54. The number of amides is 2. The number of ether oxygens (including phenoxy) is 1. The highest BCUT2D eigenvalue weighted by Gasteiger charge is 2.23. The van der Waals surface area contributed by atoms with E-state index in [0.29, 0.717) is 16.1 Å². The summed E-state index contributed by atoms with van der Waals surface area (Å²) in [7, 11) is 1.42. The molecule has 3 rings (SSSR count). The van der Waals surface area contributed by atoms with Crippen LogP contribution in [0.5, 0.6) is 11.5 Å². The Bertz CT molecular complexity index is 991. The number of fused-ring (bicyclic) bond motifs is 1. The molecule has 0 aliphatic heterocycles. The van der Waals surface area contributed by atoms with Crippen molar-refractivity contribution in [3.8, 4) is 17.6 Å². The summed E-state index contributed by atoms with van der Waals surface area (Å²) in [6, 6.07) is 6.66. The minimum atomic E-state index is -0.947. The van der Waals surface area contributed by atoms with Gasteiger partial charge in [0.25, 0.3) is 0 Å². The smallest absolute Gasteiger partial charge is 0.329 e. The second-order valence-corrected chi connectivity index (χ2v) is 7.22. The number of hydrazone groups is 1. The van der Waals surface area contributed by atoms with Crippen molar-refractivity contribution in [2.45, 2.75) is 25.7 Å². The van der Waals surface area contributed by atoms with Crippen molar-refractivity contribution in [3.63, 3.8) is 0 Å². The molecule has 0 atom stereocenters. The van der Waals surface area contributed by atoms with E-state index in [2.05, 4.69) is 21.9 Å². The van der Waals surface area contributed by atoms with Crippen LogP contribution in [0.4, 0.5) is 5.00 Å². The van der Waals surface area contributed by atoms with Gasteiger partial charge in [-0.1, -0.05) is 0 Å². The van der Waals surface area contributed by atoms with Gasteiger partial charge in [-0.3, -0.25) is 9.59 Å². The number of thiophene rings is 1. The predicted molar refractivity (Wildman–Crippen MR) is 105 cm³/mol. The lowest BCUT2D eigenvalue weighted by Gasteiger charge is -2.09. The summed E-state index contributed by atoms with van der Waals surface area (Å²) in [6.07, 6.45) is 5.10. The highest BCUT2D eigenvalue weighted by atomic mass is 32.1. The van der Waals surface area contributed by atoms with Gasteiger partial charge in [0.2, 0.25) is 0 Å². The van der Waals surface area contributed by atoms with Crippen molar-refractivity contribution in [1.82, 2.24) is 5.43 Å². The number of carbonyl (C=O) groups excluding carboxylic acids is 2. The van der Waals surface area contributed by atoms with Crippen LogP contribution in [0.25, 0.3) is 0 Å². The molecule has 1 aromatic carbocycles. The lowest BCUT2D eigenvalue weighted by atomic mass is 9.96. The summed E-state index contributed by atoms with van der Waals surface area (Å²) in [5.41, 5.74) is 4.13. The van der Waals surface area contributed by atoms with Crippen LogP contribution in [-0.4, -0.2) is 30.2 Å². The number of rotatable bonds is 4. The summed E-state index contributed by atoms with van der Waals surface area (Å²) in [5, 5.41) is 25.6. The van der Waals surface area contributed by atoms with E-state index < -0.39 is 11.8 Å². The third kappa shape index (κ3) is 4.13. The number of hydrogen-bond acceptors (Lipinski definition) is 7. The fourth-order valence-corrected chi connectivity index (χ4v) is 4.16. The molecule has 0 fully saturated rings. The molecule has 1 aliphatic rings. The fraction of sp³-hybridized carbons (Fsp3) is 0.263. The Morgan fingerprint density at radius 3 is 2.86 bits per heavy atom. The maximum Gasteiger partial charge on any atom is 0.329 e. The predicted octanol–water partition coefficient (Wildman–Crippen LogP) is 2.30. The number of nitrogens with zero attached hydrogens (tertiary/aromatic N) is 2. The van der Waals surface area contributed by atoms with E-state index in [1.807, 2.05) is 0 Å². The van der Waals surface area contributed by atoms with Crippen LogP contribution in [0.1, 0.15) is 34.4 Å². The number of anilines is 1. The van der Waals surface area contributed by atoms with Gasteiger partial charge in [0, 0.05) is 4.88 Å². The van der Waals surface area contributed by atoms with E-state index >= 15 is 0 Å². The van der Waals surface area contributed by atoms with Gasteiger partial charge >= 0.3 is 11.8 Å². The first-order valence-electron chi connectivity index (χ1n) is 8.59. The number of aryl methyl sites for hydroxylation is 1. The molecule has 1 aromatic heterocycles. The standard InChI is InChI=1S/C19H18N4O4S/c1-27-15-8-11(6-7-14(15)24)10-21-23-18(26)17(25)22-19-13(9-20)12-4-2-3-5-16(12)28-19/h6-8,10,24H,2-5H2,1H3,(H,22,25)(H,23,26). The maximum absolute atomic E-state index is 12.1. The molecule has 2 aromatic rings. The minimum Gasteiger partial charge on any atom is -0.504 e. The number of carbonyl (C=O) groups is 2. The number of methoxy groups -OCH3 is 1. The van der Waals surface area contributed by atoms with E-state index in [0.717, 1.165) is 36.1 Å². The molecule has 0 bridgehead atoms. The zero-order chi connectivity index (χ0) is 20.1. The largest absolute Gasteiger partial charge is 0.504 e. The van der Waals surface area contributed by atoms with Crippen molar-refractivity contribution in [1.29, 1.82) is 5.26 Å². The molecule has 0 radical (unpaired) electrons. The van der Waals surface area contributed by atoms with Crippen LogP contribution < -0.4 is 15.5 Å². The number of benzene rings is 1. The average molecular weight is 398 g/mol. The first-order chi connectivity index (χ1) is 13.5. The van der Waals surface area contributed by atoms with Crippen LogP contribution in [0.15, 0.2) is 23.3 Å². The van der Waals surface area contributed by atoms with E-state index in [9.17, 15) is 20.0 Å². The van der Waals surface area contributed by atoms with Gasteiger partial charge in [0.1, 0.15) is 11.1 Å². The molecule has 9 heteroatoms. The third-order valence-electron chi connectivity index (χ3n) is 4.30. The van der Waals surface area contributed by atoms with Gasteiger partial charge in [-0.15, -0.1) is 11.3 Å². The molecule has 1 aliphatic carbocycles. The van der Waals surface area contributed by atoms with Gasteiger partial charge in [0.05, 0.1) is 18.9 Å². The molecule has 2 amide bonds. The van der Waals surface area contributed by atoms with E-state index in [4.69, 9.17) is 4.74 Å². The monoisotopic (exact) mass is 398 g/mol. The number of hydrogen-bond donors (Lipinski definition) is 3. The molecule has 8 nitrogen and oxygen atoms in total. The van der Waals surface area contributed by atoms with Crippen molar-refractivity contribution in [2.24, 2.45) is 5.10 Å². The Kier molecular flexibility index (Phi) is 5.91.